The molecule has 0 aliphatic carbocycles. The number of oxime groups is 1. The van der Waals surface area contributed by atoms with Gasteiger partial charge in [0.2, 0.25) is 0 Å². The number of amidine groups is 1. The minimum Gasteiger partial charge on any atom is -0.409 e. The van der Waals surface area contributed by atoms with Gasteiger partial charge >= 0.3 is 0 Å². The Hall–Kier alpha value is -1.78. The van der Waals surface area contributed by atoms with Gasteiger partial charge in [-0.05, 0) is 31.7 Å². The van der Waals surface area contributed by atoms with Gasteiger partial charge in [0.15, 0.2) is 5.84 Å². The van der Waals surface area contributed by atoms with Crippen LogP contribution in [0.15, 0.2) is 23.6 Å². The maximum atomic E-state index is 8.90. The minimum absolute atomic E-state index is 0.151. The highest BCUT2D eigenvalue weighted by Crippen LogP contribution is 2.29. The Kier molecular flexibility index (Phi) is 4.60. The Bertz CT molecular complexity index is 445. The second-order valence-electron chi connectivity index (χ2n) is 5.01. The average Bonchev–Trinajstić information content (AvgIpc) is 2.47. The molecule has 1 fully saturated rings. The van der Waals surface area contributed by atoms with Crippen molar-refractivity contribution >= 4 is 11.5 Å². The number of nitrogens with two attached hydrogens (primary N) is 1. The molecule has 0 saturated carbocycles. The summed E-state index contributed by atoms with van der Waals surface area (Å²) in [5.41, 5.74) is 7.51. The van der Waals surface area contributed by atoms with Crippen molar-refractivity contribution in [1.29, 1.82) is 0 Å². The van der Waals surface area contributed by atoms with Crippen LogP contribution in [0.4, 0.5) is 5.69 Å². The topological polar surface area (TPSA) is 74.7 Å². The molecule has 3 N–H and O–H groups in total. The van der Waals surface area contributed by atoms with Crippen LogP contribution < -0.4 is 10.6 Å². The van der Waals surface area contributed by atoms with Gasteiger partial charge in [-0.2, -0.15) is 0 Å². The van der Waals surface area contributed by atoms with Crippen LogP contribution in [0.2, 0.25) is 0 Å². The van der Waals surface area contributed by atoms with E-state index in [9.17, 15) is 0 Å². The second-order valence-corrected chi connectivity index (χ2v) is 5.01. The van der Waals surface area contributed by atoms with Crippen LogP contribution in [0.5, 0.6) is 0 Å². The van der Waals surface area contributed by atoms with E-state index in [-0.39, 0.29) is 5.84 Å². The summed E-state index contributed by atoms with van der Waals surface area (Å²) in [7, 11) is 0. The Morgan fingerprint density at radius 3 is 3.16 bits per heavy atom. The van der Waals surface area contributed by atoms with Crippen LogP contribution in [0, 0.1) is 0 Å². The van der Waals surface area contributed by atoms with Crippen LogP contribution in [0.25, 0.3) is 0 Å². The number of pyridine rings is 1. The quantitative estimate of drug-likeness (QED) is 0.378. The van der Waals surface area contributed by atoms with Gasteiger partial charge in [-0.3, -0.25) is 4.98 Å². The molecule has 104 valence electrons. The smallest absolute Gasteiger partial charge is 0.172 e. The number of nitrogens with zero attached hydrogens (tertiary/aromatic N) is 3. The number of hydrogen-bond donors (Lipinski definition) is 2. The summed E-state index contributed by atoms with van der Waals surface area (Å²) in [6.45, 7) is 3.22. The lowest BCUT2D eigenvalue weighted by Crippen LogP contribution is -2.40. The van der Waals surface area contributed by atoms with E-state index in [0.29, 0.717) is 6.04 Å². The van der Waals surface area contributed by atoms with Gasteiger partial charge in [-0.25, -0.2) is 0 Å². The van der Waals surface area contributed by atoms with Gasteiger partial charge in [0.05, 0.1) is 11.9 Å². The summed E-state index contributed by atoms with van der Waals surface area (Å²) >= 11 is 0. The number of hydrogen-bond acceptors (Lipinski definition) is 4. The molecule has 0 amide bonds. The molecule has 1 aliphatic rings. The van der Waals surface area contributed by atoms with Crippen molar-refractivity contribution in [2.45, 2.75) is 45.1 Å². The molecule has 5 heteroatoms. The summed E-state index contributed by atoms with van der Waals surface area (Å²) in [4.78, 5) is 6.57. The van der Waals surface area contributed by atoms with E-state index in [2.05, 4.69) is 22.0 Å². The lowest BCUT2D eigenvalue weighted by molar-refractivity contribution is 0.318. The fourth-order valence-corrected chi connectivity index (χ4v) is 2.84. The molecule has 1 saturated heterocycles. The monoisotopic (exact) mass is 262 g/mol. The van der Waals surface area contributed by atoms with Crippen molar-refractivity contribution in [3.05, 3.63) is 24.0 Å². The summed E-state index contributed by atoms with van der Waals surface area (Å²) in [6, 6.07) is 2.34. The zero-order valence-corrected chi connectivity index (χ0v) is 11.4. The van der Waals surface area contributed by atoms with E-state index >= 15 is 0 Å². The van der Waals surface area contributed by atoms with Crippen LogP contribution in [-0.4, -0.2) is 28.6 Å². The van der Waals surface area contributed by atoms with Gasteiger partial charge in [0.25, 0.3) is 0 Å². The average molecular weight is 262 g/mol. The van der Waals surface area contributed by atoms with E-state index in [0.717, 1.165) is 17.8 Å². The van der Waals surface area contributed by atoms with Gasteiger partial charge in [-0.15, -0.1) is 0 Å². The first kappa shape index (κ1) is 13.6. The van der Waals surface area contributed by atoms with Gasteiger partial charge in [-0.1, -0.05) is 18.5 Å². The SMILES string of the molecule is CCCC1CCCCN1c1cnccc1/C(N)=N/O. The van der Waals surface area contributed by atoms with Crippen molar-refractivity contribution in [1.82, 2.24) is 4.98 Å². The Labute approximate surface area is 114 Å². The lowest BCUT2D eigenvalue weighted by Gasteiger charge is -2.38. The Morgan fingerprint density at radius 1 is 1.58 bits per heavy atom. The van der Waals surface area contributed by atoms with Crippen molar-refractivity contribution in [3.8, 4) is 0 Å². The highest BCUT2D eigenvalue weighted by Gasteiger charge is 2.24. The fraction of sp³-hybridized carbons (Fsp3) is 0.571. The molecule has 0 aromatic carbocycles. The molecule has 0 radical (unpaired) electrons. The summed E-state index contributed by atoms with van der Waals surface area (Å²) in [6.07, 6.45) is 9.51. The van der Waals surface area contributed by atoms with E-state index in [1.54, 1.807) is 6.20 Å². The zero-order valence-electron chi connectivity index (χ0n) is 11.4. The van der Waals surface area contributed by atoms with Crippen molar-refractivity contribution < 1.29 is 5.21 Å². The molecular weight excluding hydrogens is 240 g/mol. The highest BCUT2D eigenvalue weighted by molar-refractivity contribution is 6.02. The van der Waals surface area contributed by atoms with E-state index < -0.39 is 0 Å². The van der Waals surface area contributed by atoms with E-state index in [1.165, 1.54) is 32.1 Å². The molecule has 1 unspecified atom stereocenters. The first-order valence-electron chi connectivity index (χ1n) is 6.96. The van der Waals surface area contributed by atoms with Gasteiger partial charge in [0.1, 0.15) is 0 Å². The molecule has 0 spiro atoms. The van der Waals surface area contributed by atoms with Crippen LogP contribution in [-0.2, 0) is 0 Å². The second kappa shape index (κ2) is 6.41. The molecule has 19 heavy (non-hydrogen) atoms. The standard InChI is InChI=1S/C14H22N4O/c1-2-5-11-6-3-4-9-18(11)13-10-16-8-7-12(13)14(15)17-19/h7-8,10-11,19H,2-6,9H2,1H3,(H2,15,17). The highest BCUT2D eigenvalue weighted by atomic mass is 16.4. The molecule has 2 rings (SSSR count). The minimum atomic E-state index is 0.151. The molecule has 5 nitrogen and oxygen atoms in total. The molecule has 0 bridgehead atoms. The van der Waals surface area contributed by atoms with Crippen LogP contribution in [0.1, 0.15) is 44.6 Å². The Morgan fingerprint density at radius 2 is 2.42 bits per heavy atom. The molecule has 2 heterocycles. The molecule has 1 aliphatic heterocycles. The van der Waals surface area contributed by atoms with Crippen LogP contribution in [0.3, 0.4) is 0 Å². The zero-order chi connectivity index (χ0) is 13.7. The fourth-order valence-electron chi connectivity index (χ4n) is 2.84. The van der Waals surface area contributed by atoms with E-state index in [4.69, 9.17) is 10.9 Å². The number of aromatic nitrogens is 1. The van der Waals surface area contributed by atoms with Crippen molar-refractivity contribution in [2.75, 3.05) is 11.4 Å². The maximum absolute atomic E-state index is 8.90. The van der Waals surface area contributed by atoms with Gasteiger partial charge < -0.3 is 15.8 Å². The van der Waals surface area contributed by atoms with Crippen molar-refractivity contribution in [2.24, 2.45) is 10.9 Å². The maximum Gasteiger partial charge on any atom is 0.172 e. The van der Waals surface area contributed by atoms with E-state index in [1.807, 2.05) is 12.3 Å². The first-order valence-corrected chi connectivity index (χ1v) is 6.96. The summed E-state index contributed by atoms with van der Waals surface area (Å²) < 4.78 is 0. The third-order valence-electron chi connectivity index (χ3n) is 3.74. The van der Waals surface area contributed by atoms with Crippen LogP contribution >= 0.6 is 0 Å². The normalized spacial score (nSPS) is 20.6. The number of rotatable bonds is 4. The number of anilines is 1. The summed E-state index contributed by atoms with van der Waals surface area (Å²) in [5.74, 6) is 0.151. The largest absolute Gasteiger partial charge is 0.409 e. The third-order valence-corrected chi connectivity index (χ3v) is 3.74. The molecule has 1 atom stereocenters. The van der Waals surface area contributed by atoms with Crippen molar-refractivity contribution in [3.63, 3.8) is 0 Å². The third kappa shape index (κ3) is 2.97. The van der Waals surface area contributed by atoms with Gasteiger partial charge in [0, 0.05) is 24.3 Å². The molecular formula is C14H22N4O. The predicted molar refractivity (Wildman–Crippen MR) is 76.6 cm³/mol. The molecule has 1 aromatic rings. The number of piperidine rings is 1. The first-order chi connectivity index (χ1) is 9.27. The molecule has 1 aromatic heterocycles. The Balaban J connectivity index is 2.33. The summed E-state index contributed by atoms with van der Waals surface area (Å²) in [5, 5.41) is 12.0. The lowest BCUT2D eigenvalue weighted by atomic mass is 9.97. The predicted octanol–water partition coefficient (Wildman–Crippen LogP) is 2.34.